The summed E-state index contributed by atoms with van der Waals surface area (Å²) in [6, 6.07) is 14.0. The second-order valence-electron chi connectivity index (χ2n) is 8.56. The number of carbonyl (C=O) groups excluding carboxylic acids is 1. The Morgan fingerprint density at radius 2 is 1.75 bits per heavy atom. The van der Waals surface area contributed by atoms with Gasteiger partial charge in [0.15, 0.2) is 0 Å². The van der Waals surface area contributed by atoms with Gasteiger partial charge in [0.1, 0.15) is 11.6 Å². The van der Waals surface area contributed by atoms with Crippen LogP contribution >= 0.6 is 0 Å². The molecule has 2 aliphatic rings. The van der Waals surface area contributed by atoms with Crippen LogP contribution in [-0.4, -0.2) is 42.1 Å². The van der Waals surface area contributed by atoms with Crippen molar-refractivity contribution in [2.45, 2.75) is 44.2 Å². The van der Waals surface area contributed by atoms with Crippen molar-refractivity contribution < 1.29 is 13.9 Å². The number of benzene rings is 2. The maximum absolute atomic E-state index is 13.4. The average molecular weight is 382 g/mol. The molecule has 0 radical (unpaired) electrons. The Morgan fingerprint density at radius 3 is 2.39 bits per heavy atom. The van der Waals surface area contributed by atoms with E-state index in [0.717, 1.165) is 43.8 Å². The highest BCUT2D eigenvalue weighted by atomic mass is 19.1. The van der Waals surface area contributed by atoms with E-state index in [1.165, 1.54) is 12.1 Å². The molecule has 0 aromatic heterocycles. The van der Waals surface area contributed by atoms with Crippen LogP contribution in [0.15, 0.2) is 48.5 Å². The molecule has 5 heteroatoms. The summed E-state index contributed by atoms with van der Waals surface area (Å²) in [5.41, 5.74) is 1.40. The Balaban J connectivity index is 1.62. The standard InChI is InChI=1S/C23H27FN2O2/c1-22(2)15-23(16-26(22)19-9-7-18(24)8-10-19)13-4-14-25(23)21(27)17-5-11-20(28-3)12-6-17/h5-12H,4,13-16H2,1-3H3. The third-order valence-electron chi connectivity index (χ3n) is 6.26. The number of carbonyl (C=O) groups is 1. The molecular formula is C23H27FN2O2. The summed E-state index contributed by atoms with van der Waals surface area (Å²) in [7, 11) is 1.62. The van der Waals surface area contributed by atoms with Gasteiger partial charge in [-0.2, -0.15) is 0 Å². The molecule has 2 heterocycles. The molecule has 1 amide bonds. The zero-order valence-corrected chi connectivity index (χ0v) is 16.7. The number of hydrogen-bond donors (Lipinski definition) is 0. The van der Waals surface area contributed by atoms with E-state index in [0.29, 0.717) is 5.56 Å². The van der Waals surface area contributed by atoms with Crippen molar-refractivity contribution in [3.8, 4) is 5.75 Å². The van der Waals surface area contributed by atoms with Crippen LogP contribution in [0, 0.1) is 5.82 Å². The van der Waals surface area contributed by atoms with Gasteiger partial charge in [0.25, 0.3) is 5.91 Å². The van der Waals surface area contributed by atoms with Crippen LogP contribution in [-0.2, 0) is 0 Å². The first kappa shape index (κ1) is 18.8. The largest absolute Gasteiger partial charge is 0.497 e. The number of ether oxygens (including phenoxy) is 1. The third-order valence-corrected chi connectivity index (χ3v) is 6.26. The van der Waals surface area contributed by atoms with E-state index in [4.69, 9.17) is 4.74 Å². The minimum absolute atomic E-state index is 0.0805. The lowest BCUT2D eigenvalue weighted by atomic mass is 9.87. The van der Waals surface area contributed by atoms with Gasteiger partial charge in [-0.15, -0.1) is 0 Å². The summed E-state index contributed by atoms with van der Waals surface area (Å²) in [5.74, 6) is 0.599. The van der Waals surface area contributed by atoms with E-state index in [2.05, 4.69) is 23.6 Å². The van der Waals surface area contributed by atoms with E-state index >= 15 is 0 Å². The van der Waals surface area contributed by atoms with Crippen LogP contribution in [0.4, 0.5) is 10.1 Å². The maximum atomic E-state index is 13.4. The second-order valence-corrected chi connectivity index (χ2v) is 8.56. The zero-order valence-electron chi connectivity index (χ0n) is 16.7. The van der Waals surface area contributed by atoms with E-state index < -0.39 is 0 Å². The SMILES string of the molecule is COc1ccc(C(=O)N2CCCC23CN(c2ccc(F)cc2)C(C)(C)C3)cc1. The fourth-order valence-electron chi connectivity index (χ4n) is 5.02. The normalized spacial score (nSPS) is 23.4. The Bertz CT molecular complexity index is 863. The molecule has 2 aromatic rings. The smallest absolute Gasteiger partial charge is 0.254 e. The molecule has 148 valence electrons. The number of amides is 1. The summed E-state index contributed by atoms with van der Waals surface area (Å²) in [4.78, 5) is 17.7. The molecule has 1 spiro atoms. The van der Waals surface area contributed by atoms with Crippen molar-refractivity contribution in [3.05, 3.63) is 59.9 Å². The zero-order chi connectivity index (χ0) is 19.9. The van der Waals surface area contributed by atoms with Crippen LogP contribution in [0.25, 0.3) is 0 Å². The molecule has 2 aromatic carbocycles. The van der Waals surface area contributed by atoms with Gasteiger partial charge in [0.2, 0.25) is 0 Å². The lowest BCUT2D eigenvalue weighted by Crippen LogP contribution is -2.49. The van der Waals surface area contributed by atoms with E-state index in [1.54, 1.807) is 7.11 Å². The Hall–Kier alpha value is -2.56. The molecule has 0 saturated carbocycles. The van der Waals surface area contributed by atoms with Crippen molar-refractivity contribution in [2.75, 3.05) is 25.1 Å². The van der Waals surface area contributed by atoms with Crippen molar-refractivity contribution in [3.63, 3.8) is 0 Å². The van der Waals surface area contributed by atoms with Gasteiger partial charge in [0, 0.05) is 29.9 Å². The van der Waals surface area contributed by atoms with Gasteiger partial charge in [0.05, 0.1) is 12.6 Å². The first-order chi connectivity index (χ1) is 13.3. The van der Waals surface area contributed by atoms with Crippen molar-refractivity contribution in [1.29, 1.82) is 0 Å². The van der Waals surface area contributed by atoms with E-state index in [1.807, 2.05) is 36.4 Å². The topological polar surface area (TPSA) is 32.8 Å². The summed E-state index contributed by atoms with van der Waals surface area (Å²) in [6.45, 7) is 5.96. The first-order valence-electron chi connectivity index (χ1n) is 9.84. The van der Waals surface area contributed by atoms with Crippen molar-refractivity contribution in [2.24, 2.45) is 0 Å². The molecule has 1 unspecified atom stereocenters. The summed E-state index contributed by atoms with van der Waals surface area (Å²) in [5, 5.41) is 0. The molecule has 0 N–H and O–H groups in total. The third kappa shape index (κ3) is 3.13. The molecule has 0 aliphatic carbocycles. The van der Waals surface area contributed by atoms with E-state index in [9.17, 15) is 9.18 Å². The molecule has 2 saturated heterocycles. The Labute approximate surface area is 165 Å². The fourth-order valence-corrected chi connectivity index (χ4v) is 5.02. The highest BCUT2D eigenvalue weighted by Gasteiger charge is 2.54. The van der Waals surface area contributed by atoms with Gasteiger partial charge < -0.3 is 14.5 Å². The molecular weight excluding hydrogens is 355 g/mol. The highest BCUT2D eigenvalue weighted by molar-refractivity contribution is 5.95. The Kier molecular flexibility index (Phi) is 4.56. The Morgan fingerprint density at radius 1 is 1.07 bits per heavy atom. The van der Waals surface area contributed by atoms with Gasteiger partial charge in [-0.05, 0) is 81.6 Å². The van der Waals surface area contributed by atoms with Crippen LogP contribution in [0.1, 0.15) is 43.5 Å². The van der Waals surface area contributed by atoms with Crippen molar-refractivity contribution in [1.82, 2.24) is 4.90 Å². The lowest BCUT2D eigenvalue weighted by molar-refractivity contribution is 0.0617. The summed E-state index contributed by atoms with van der Waals surface area (Å²) < 4.78 is 18.6. The van der Waals surface area contributed by atoms with Gasteiger partial charge in [-0.3, -0.25) is 4.79 Å². The quantitative estimate of drug-likeness (QED) is 0.784. The predicted molar refractivity (Wildman–Crippen MR) is 108 cm³/mol. The molecule has 1 atom stereocenters. The van der Waals surface area contributed by atoms with Crippen molar-refractivity contribution >= 4 is 11.6 Å². The number of methoxy groups -OCH3 is 1. The number of likely N-dealkylation sites (tertiary alicyclic amines) is 1. The van der Waals surface area contributed by atoms with E-state index in [-0.39, 0.29) is 22.8 Å². The average Bonchev–Trinajstić information content (AvgIpc) is 3.21. The maximum Gasteiger partial charge on any atom is 0.254 e. The highest BCUT2D eigenvalue weighted by Crippen LogP contribution is 2.47. The molecule has 2 fully saturated rings. The van der Waals surface area contributed by atoms with Crippen LogP contribution in [0.3, 0.4) is 0 Å². The summed E-state index contributed by atoms with van der Waals surface area (Å²) >= 11 is 0. The van der Waals surface area contributed by atoms with Crippen LogP contribution < -0.4 is 9.64 Å². The lowest BCUT2D eigenvalue weighted by Gasteiger charge is -2.35. The number of hydrogen-bond acceptors (Lipinski definition) is 3. The molecule has 2 aliphatic heterocycles. The minimum Gasteiger partial charge on any atom is -0.497 e. The first-order valence-corrected chi connectivity index (χ1v) is 9.84. The predicted octanol–water partition coefficient (Wildman–Crippen LogP) is 4.50. The van der Waals surface area contributed by atoms with Crippen LogP contribution in [0.5, 0.6) is 5.75 Å². The van der Waals surface area contributed by atoms with Crippen LogP contribution in [0.2, 0.25) is 0 Å². The molecule has 4 nitrogen and oxygen atoms in total. The molecule has 0 bridgehead atoms. The summed E-state index contributed by atoms with van der Waals surface area (Å²) in [6.07, 6.45) is 2.91. The number of anilines is 1. The van der Waals surface area contributed by atoms with Gasteiger partial charge in [-0.1, -0.05) is 0 Å². The monoisotopic (exact) mass is 382 g/mol. The number of nitrogens with zero attached hydrogens (tertiary/aromatic N) is 2. The number of halogens is 1. The second kappa shape index (κ2) is 6.80. The minimum atomic E-state index is -0.229. The van der Waals surface area contributed by atoms with Gasteiger partial charge in [-0.25, -0.2) is 4.39 Å². The van der Waals surface area contributed by atoms with Gasteiger partial charge >= 0.3 is 0 Å². The molecule has 28 heavy (non-hydrogen) atoms. The number of rotatable bonds is 3. The molecule has 4 rings (SSSR count). The fraction of sp³-hybridized carbons (Fsp3) is 0.435.